The maximum atomic E-state index is 12.7. The Kier molecular flexibility index (Phi) is 6.65. The van der Waals surface area contributed by atoms with E-state index in [-0.39, 0.29) is 42.2 Å². The Morgan fingerprint density at radius 1 is 1.42 bits per heavy atom. The fraction of sp³-hybridized carbons (Fsp3) is 0.368. The fourth-order valence-electron chi connectivity index (χ4n) is 2.98. The van der Waals surface area contributed by atoms with Gasteiger partial charge >= 0.3 is 6.18 Å². The van der Waals surface area contributed by atoms with Crippen LogP contribution < -0.4 is 10.1 Å². The molecule has 0 bridgehead atoms. The maximum Gasteiger partial charge on any atom is 0.422 e. The van der Waals surface area contributed by atoms with Crippen LogP contribution in [0.4, 0.5) is 13.2 Å². The number of fused-ring (bicyclic) bond motifs is 1. The van der Waals surface area contributed by atoms with Gasteiger partial charge in [0.15, 0.2) is 6.61 Å². The predicted molar refractivity (Wildman–Crippen MR) is 103 cm³/mol. The molecule has 1 atom stereocenters. The van der Waals surface area contributed by atoms with Gasteiger partial charge in [-0.1, -0.05) is 11.6 Å². The van der Waals surface area contributed by atoms with Crippen LogP contribution in [0.2, 0.25) is 5.02 Å². The van der Waals surface area contributed by atoms with Gasteiger partial charge in [-0.15, -0.1) is 0 Å². The third-order valence-corrected chi connectivity index (χ3v) is 4.67. The number of carbonyl (C=O) groups is 2. The first-order chi connectivity index (χ1) is 14.6. The third-order valence-electron chi connectivity index (χ3n) is 4.40. The van der Waals surface area contributed by atoms with Crippen LogP contribution in [0, 0.1) is 0 Å². The Morgan fingerprint density at radius 2 is 2.16 bits per heavy atom. The maximum absolute atomic E-state index is 12.7. The van der Waals surface area contributed by atoms with Gasteiger partial charge < -0.3 is 20.1 Å². The molecule has 0 saturated carbocycles. The van der Waals surface area contributed by atoms with Crippen LogP contribution in [0.15, 0.2) is 24.5 Å². The predicted octanol–water partition coefficient (Wildman–Crippen LogP) is 2.34. The lowest BCUT2D eigenvalue weighted by molar-refractivity contribution is -0.154. The van der Waals surface area contributed by atoms with Gasteiger partial charge in [0.1, 0.15) is 10.7 Å². The zero-order chi connectivity index (χ0) is 22.8. The molecule has 2 aromatic heterocycles. The molecule has 3 rings (SSSR count). The van der Waals surface area contributed by atoms with Crippen molar-refractivity contribution in [3.63, 3.8) is 0 Å². The summed E-state index contributed by atoms with van der Waals surface area (Å²) in [5.74, 6) is -1.21. The molecule has 1 unspecified atom stereocenters. The van der Waals surface area contributed by atoms with Crippen LogP contribution in [0.25, 0.3) is 0 Å². The number of aliphatic hydroxyl groups is 1. The van der Waals surface area contributed by atoms with Crippen LogP contribution in [0.3, 0.4) is 0 Å². The van der Waals surface area contributed by atoms with E-state index in [1.54, 1.807) is 6.92 Å². The van der Waals surface area contributed by atoms with E-state index in [1.807, 2.05) is 0 Å². The minimum absolute atomic E-state index is 0.0634. The van der Waals surface area contributed by atoms with Crippen molar-refractivity contribution in [3.8, 4) is 5.88 Å². The molecule has 1 aliphatic rings. The average molecular weight is 459 g/mol. The van der Waals surface area contributed by atoms with Crippen molar-refractivity contribution in [1.29, 1.82) is 0 Å². The number of amides is 2. The van der Waals surface area contributed by atoms with Gasteiger partial charge in [-0.3, -0.25) is 14.6 Å². The van der Waals surface area contributed by atoms with E-state index in [4.69, 9.17) is 16.7 Å². The highest BCUT2D eigenvalue weighted by Crippen LogP contribution is 2.29. The molecular formula is C19H18ClF3N4O4. The molecular weight excluding hydrogens is 441 g/mol. The molecule has 0 aliphatic carbocycles. The number of ether oxygens (including phenoxy) is 1. The van der Waals surface area contributed by atoms with Gasteiger partial charge in [0, 0.05) is 42.7 Å². The highest BCUT2D eigenvalue weighted by molar-refractivity contribution is 6.31. The van der Waals surface area contributed by atoms with E-state index >= 15 is 0 Å². The topological polar surface area (TPSA) is 105 Å². The molecule has 31 heavy (non-hydrogen) atoms. The lowest BCUT2D eigenvalue weighted by Crippen LogP contribution is -2.36. The second-order valence-corrected chi connectivity index (χ2v) is 7.35. The number of aromatic nitrogens is 2. The number of nitrogens with one attached hydrogen (secondary N) is 1. The molecule has 1 aliphatic heterocycles. The number of carbonyl (C=O) groups excluding carboxylic acids is 2. The van der Waals surface area contributed by atoms with Gasteiger partial charge in [0.05, 0.1) is 6.61 Å². The van der Waals surface area contributed by atoms with Crippen molar-refractivity contribution in [2.45, 2.75) is 32.2 Å². The zero-order valence-electron chi connectivity index (χ0n) is 16.2. The van der Waals surface area contributed by atoms with E-state index in [9.17, 15) is 22.8 Å². The smallest absolute Gasteiger partial charge is 0.422 e. The van der Waals surface area contributed by atoms with Gasteiger partial charge in [-0.25, -0.2) is 4.98 Å². The summed E-state index contributed by atoms with van der Waals surface area (Å²) in [6.07, 6.45) is -1.91. The Bertz CT molecular complexity index is 1000. The molecule has 166 valence electrons. The lowest BCUT2D eigenvalue weighted by Gasteiger charge is -2.16. The molecule has 3 heterocycles. The van der Waals surface area contributed by atoms with Crippen LogP contribution >= 0.6 is 11.6 Å². The molecule has 0 aromatic carbocycles. The molecule has 2 amide bonds. The number of hydrogen-bond donors (Lipinski definition) is 2. The molecule has 8 nitrogen and oxygen atoms in total. The number of rotatable bonds is 7. The summed E-state index contributed by atoms with van der Waals surface area (Å²) in [7, 11) is 0. The van der Waals surface area contributed by atoms with Crippen molar-refractivity contribution < 1.29 is 32.6 Å². The van der Waals surface area contributed by atoms with Crippen molar-refractivity contribution >= 4 is 23.4 Å². The molecule has 0 fully saturated rings. The largest absolute Gasteiger partial charge is 0.467 e. The highest BCUT2D eigenvalue weighted by atomic mass is 35.5. The van der Waals surface area contributed by atoms with Crippen LogP contribution in [0.5, 0.6) is 5.88 Å². The van der Waals surface area contributed by atoms with Crippen molar-refractivity contribution in [1.82, 2.24) is 20.2 Å². The quantitative estimate of drug-likeness (QED) is 0.660. The number of pyridine rings is 2. The van der Waals surface area contributed by atoms with Gasteiger partial charge in [0.2, 0.25) is 5.88 Å². The van der Waals surface area contributed by atoms with Gasteiger partial charge in [0.25, 0.3) is 11.8 Å². The van der Waals surface area contributed by atoms with E-state index in [0.29, 0.717) is 16.7 Å². The molecule has 2 aromatic rings. The minimum atomic E-state index is -4.52. The summed E-state index contributed by atoms with van der Waals surface area (Å²) >= 11 is 5.96. The molecule has 12 heteroatoms. The summed E-state index contributed by atoms with van der Waals surface area (Å²) in [5.41, 5.74) is 1.32. The van der Waals surface area contributed by atoms with E-state index < -0.39 is 24.7 Å². The first-order valence-electron chi connectivity index (χ1n) is 9.12. The summed E-state index contributed by atoms with van der Waals surface area (Å²) in [4.78, 5) is 34.5. The summed E-state index contributed by atoms with van der Waals surface area (Å²) in [5, 5.41) is 11.6. The second-order valence-electron chi connectivity index (χ2n) is 6.94. The molecule has 0 radical (unpaired) electrons. The van der Waals surface area contributed by atoms with Crippen LogP contribution in [-0.4, -0.2) is 57.2 Å². The van der Waals surface area contributed by atoms with Gasteiger partial charge in [-0.05, 0) is 24.6 Å². The monoisotopic (exact) mass is 458 g/mol. The van der Waals surface area contributed by atoms with E-state index in [2.05, 4.69) is 20.0 Å². The number of nitrogens with zero attached hydrogens (tertiary/aromatic N) is 3. The Hall–Kier alpha value is -2.92. The Balaban J connectivity index is 1.74. The van der Waals surface area contributed by atoms with E-state index in [1.165, 1.54) is 29.4 Å². The lowest BCUT2D eigenvalue weighted by atomic mass is 10.1. The van der Waals surface area contributed by atoms with Crippen molar-refractivity contribution in [2.24, 2.45) is 0 Å². The first-order valence-corrected chi connectivity index (χ1v) is 9.49. The number of hydrogen-bond acceptors (Lipinski definition) is 6. The summed E-state index contributed by atoms with van der Waals surface area (Å²) < 4.78 is 41.4. The fourth-order valence-corrected chi connectivity index (χ4v) is 3.22. The summed E-state index contributed by atoms with van der Waals surface area (Å²) in [6.45, 7) is 0.0153. The molecule has 2 N–H and O–H groups in total. The third kappa shape index (κ3) is 5.42. The molecule has 0 saturated heterocycles. The standard InChI is InChI=1S/C19H18ClF3N4O4/c1-10(8-28)26-16(29)15-13-7-27(18(30)12(13)2-3-24-15)6-11-4-14(20)17(25-5-11)31-9-19(21,22)23/h2-5,10,28H,6-9H2,1H3,(H,26,29). The highest BCUT2D eigenvalue weighted by Gasteiger charge is 2.32. The Labute approximate surface area is 180 Å². The van der Waals surface area contributed by atoms with Crippen LogP contribution in [-0.2, 0) is 13.1 Å². The number of alkyl halides is 3. The molecule has 0 spiro atoms. The number of aliphatic hydroxyl groups excluding tert-OH is 1. The van der Waals surface area contributed by atoms with Gasteiger partial charge in [-0.2, -0.15) is 13.2 Å². The zero-order valence-corrected chi connectivity index (χ0v) is 17.0. The summed E-state index contributed by atoms with van der Waals surface area (Å²) in [6, 6.07) is 2.39. The van der Waals surface area contributed by atoms with Crippen LogP contribution in [0.1, 0.15) is 38.9 Å². The first kappa shape index (κ1) is 22.8. The SMILES string of the molecule is CC(CO)NC(=O)c1nccc2c1CN(Cc1cnc(OCC(F)(F)F)c(Cl)c1)C2=O. The Morgan fingerprint density at radius 3 is 2.81 bits per heavy atom. The van der Waals surface area contributed by atoms with Crippen molar-refractivity contribution in [2.75, 3.05) is 13.2 Å². The van der Waals surface area contributed by atoms with Crippen molar-refractivity contribution in [3.05, 3.63) is 51.9 Å². The average Bonchev–Trinajstić information content (AvgIpc) is 3.02. The normalized spacial score (nSPS) is 14.4. The second kappa shape index (κ2) is 9.06. The minimum Gasteiger partial charge on any atom is -0.467 e. The number of halogens is 4. The van der Waals surface area contributed by atoms with E-state index in [0.717, 1.165) is 0 Å².